The first-order valence-electron chi connectivity index (χ1n) is 13.6. The van der Waals surface area contributed by atoms with E-state index in [9.17, 15) is 0 Å². The SMILES string of the molecule is c1ccc(-c2cc(-c3cccc(-c4nc5c(nc6ccccn65)c5ccccc45)c3)nc(-c3ccccc3)n2)cc1. The second-order valence-electron chi connectivity index (χ2n) is 9.99. The maximum Gasteiger partial charge on any atom is 0.165 e. The number of benzene rings is 4. The van der Waals surface area contributed by atoms with E-state index in [1.54, 1.807) is 0 Å². The molecule has 4 heterocycles. The Morgan fingerprint density at radius 1 is 0.439 bits per heavy atom. The van der Waals surface area contributed by atoms with Crippen molar-refractivity contribution in [3.8, 4) is 45.2 Å². The van der Waals surface area contributed by atoms with Crippen LogP contribution in [0.25, 0.3) is 72.7 Å². The third-order valence-electron chi connectivity index (χ3n) is 7.42. The molecule has 0 N–H and O–H groups in total. The zero-order valence-electron chi connectivity index (χ0n) is 22.0. The summed E-state index contributed by atoms with van der Waals surface area (Å²) >= 11 is 0. The zero-order chi connectivity index (χ0) is 27.2. The van der Waals surface area contributed by atoms with Gasteiger partial charge in [-0.15, -0.1) is 0 Å². The summed E-state index contributed by atoms with van der Waals surface area (Å²) < 4.78 is 2.05. The molecule has 0 bridgehead atoms. The Bertz CT molecular complexity index is 2140. The van der Waals surface area contributed by atoms with E-state index in [4.69, 9.17) is 19.9 Å². The molecule has 0 radical (unpaired) electrons. The molecule has 8 rings (SSSR count). The minimum atomic E-state index is 0.697. The van der Waals surface area contributed by atoms with Crippen LogP contribution in [0.5, 0.6) is 0 Å². The molecule has 5 heteroatoms. The van der Waals surface area contributed by atoms with Crippen LogP contribution >= 0.6 is 0 Å². The Morgan fingerprint density at radius 3 is 1.88 bits per heavy atom. The van der Waals surface area contributed by atoms with Crippen molar-refractivity contribution in [1.82, 2.24) is 24.3 Å². The van der Waals surface area contributed by atoms with Crippen molar-refractivity contribution in [3.05, 3.63) is 140 Å². The molecule has 0 saturated carbocycles. The molecule has 192 valence electrons. The fourth-order valence-electron chi connectivity index (χ4n) is 5.45. The van der Waals surface area contributed by atoms with Gasteiger partial charge in [-0.2, -0.15) is 0 Å². The van der Waals surface area contributed by atoms with Crippen molar-refractivity contribution in [1.29, 1.82) is 0 Å². The highest BCUT2D eigenvalue weighted by Gasteiger charge is 2.16. The van der Waals surface area contributed by atoms with Crippen molar-refractivity contribution >= 4 is 27.6 Å². The Balaban J connectivity index is 1.34. The molecule has 41 heavy (non-hydrogen) atoms. The Kier molecular flexibility index (Phi) is 5.38. The maximum atomic E-state index is 5.19. The number of hydrogen-bond acceptors (Lipinski definition) is 4. The number of aromatic nitrogens is 5. The Hall–Kier alpha value is -5.68. The second kappa shape index (κ2) is 9.50. The quantitative estimate of drug-likeness (QED) is 0.231. The topological polar surface area (TPSA) is 56.0 Å². The van der Waals surface area contributed by atoms with E-state index < -0.39 is 0 Å². The molecule has 0 aliphatic rings. The van der Waals surface area contributed by atoms with Gasteiger partial charge in [0.15, 0.2) is 11.5 Å². The van der Waals surface area contributed by atoms with Gasteiger partial charge in [0.1, 0.15) is 11.2 Å². The van der Waals surface area contributed by atoms with Crippen LogP contribution in [0.2, 0.25) is 0 Å². The average Bonchev–Trinajstić information content (AvgIpc) is 3.44. The molecular formula is C36H23N5. The molecule has 0 aliphatic heterocycles. The average molecular weight is 526 g/mol. The lowest BCUT2D eigenvalue weighted by atomic mass is 9.99. The van der Waals surface area contributed by atoms with Crippen molar-refractivity contribution in [3.63, 3.8) is 0 Å². The molecule has 0 aliphatic carbocycles. The van der Waals surface area contributed by atoms with Crippen LogP contribution < -0.4 is 0 Å². The van der Waals surface area contributed by atoms with Crippen LogP contribution in [0.3, 0.4) is 0 Å². The van der Waals surface area contributed by atoms with Gasteiger partial charge in [-0.05, 0) is 24.3 Å². The summed E-state index contributed by atoms with van der Waals surface area (Å²) in [6.07, 6.45) is 2.02. The molecule has 0 atom stereocenters. The molecular weight excluding hydrogens is 502 g/mol. The first kappa shape index (κ1) is 23.2. The molecule has 5 nitrogen and oxygen atoms in total. The van der Waals surface area contributed by atoms with Crippen LogP contribution in [0, 0.1) is 0 Å². The Labute approximate surface area is 236 Å². The lowest BCUT2D eigenvalue weighted by Crippen LogP contribution is -1.96. The van der Waals surface area contributed by atoms with Gasteiger partial charge >= 0.3 is 0 Å². The fraction of sp³-hybridized carbons (Fsp3) is 0. The number of pyridine rings is 2. The van der Waals surface area contributed by atoms with Gasteiger partial charge in [0, 0.05) is 39.2 Å². The van der Waals surface area contributed by atoms with Crippen molar-refractivity contribution in [2.45, 2.75) is 0 Å². The summed E-state index contributed by atoms with van der Waals surface area (Å²) in [5, 5.41) is 2.15. The molecule has 8 aromatic rings. The first-order chi connectivity index (χ1) is 20.3. The monoisotopic (exact) mass is 525 g/mol. The van der Waals surface area contributed by atoms with Crippen molar-refractivity contribution in [2.24, 2.45) is 0 Å². The van der Waals surface area contributed by atoms with Crippen LogP contribution in [0.4, 0.5) is 0 Å². The summed E-state index contributed by atoms with van der Waals surface area (Å²) in [6, 6.07) is 45.3. The molecule has 0 spiro atoms. The van der Waals surface area contributed by atoms with Crippen LogP contribution in [0.1, 0.15) is 0 Å². The number of hydrogen-bond donors (Lipinski definition) is 0. The highest BCUT2D eigenvalue weighted by atomic mass is 15.1. The highest BCUT2D eigenvalue weighted by molar-refractivity contribution is 6.09. The second-order valence-corrected chi connectivity index (χ2v) is 9.99. The molecule has 0 unspecified atom stereocenters. The van der Waals surface area contributed by atoms with Gasteiger partial charge < -0.3 is 0 Å². The van der Waals surface area contributed by atoms with E-state index >= 15 is 0 Å². The van der Waals surface area contributed by atoms with Crippen molar-refractivity contribution < 1.29 is 0 Å². The van der Waals surface area contributed by atoms with E-state index in [2.05, 4.69) is 71.1 Å². The minimum absolute atomic E-state index is 0.697. The van der Waals surface area contributed by atoms with Gasteiger partial charge in [-0.25, -0.2) is 19.9 Å². The largest absolute Gasteiger partial charge is 0.284 e. The van der Waals surface area contributed by atoms with Gasteiger partial charge in [0.2, 0.25) is 0 Å². The number of fused-ring (bicyclic) bond motifs is 5. The Morgan fingerprint density at radius 2 is 1.07 bits per heavy atom. The highest BCUT2D eigenvalue weighted by Crippen LogP contribution is 2.35. The summed E-state index contributed by atoms with van der Waals surface area (Å²) in [6.45, 7) is 0. The third kappa shape index (κ3) is 4.03. The lowest BCUT2D eigenvalue weighted by molar-refractivity contribution is 1.18. The first-order valence-corrected chi connectivity index (χ1v) is 13.6. The van der Waals surface area contributed by atoms with Gasteiger partial charge in [0.25, 0.3) is 0 Å². The molecule has 0 fully saturated rings. The van der Waals surface area contributed by atoms with Crippen LogP contribution in [-0.4, -0.2) is 24.3 Å². The summed E-state index contributed by atoms with van der Waals surface area (Å²) in [5.74, 6) is 0.697. The molecule has 0 amide bonds. The zero-order valence-corrected chi connectivity index (χ0v) is 22.0. The molecule has 4 aromatic heterocycles. The minimum Gasteiger partial charge on any atom is -0.284 e. The predicted octanol–water partition coefficient (Wildman–Crippen LogP) is 8.49. The number of rotatable bonds is 4. The standard InChI is InChI=1S/C36H23N5/c1-3-12-24(13-4-1)30-23-31(38-35(37-30)25-14-5-2-6-15-25)26-16-11-17-27(22-26)33-28-18-7-8-19-29(28)34-36(40-33)41-21-10-9-20-32(41)39-34/h1-23H. The molecule has 4 aromatic carbocycles. The maximum absolute atomic E-state index is 5.19. The van der Waals surface area contributed by atoms with E-state index in [1.807, 2.05) is 72.9 Å². The van der Waals surface area contributed by atoms with Crippen LogP contribution in [-0.2, 0) is 0 Å². The van der Waals surface area contributed by atoms with E-state index in [1.165, 1.54) is 0 Å². The molecule has 0 saturated heterocycles. The van der Waals surface area contributed by atoms with Crippen LogP contribution in [0.15, 0.2) is 140 Å². The van der Waals surface area contributed by atoms with Gasteiger partial charge in [-0.1, -0.05) is 109 Å². The predicted molar refractivity (Wildman–Crippen MR) is 165 cm³/mol. The summed E-state index contributed by atoms with van der Waals surface area (Å²) in [5.41, 5.74) is 9.35. The fourth-order valence-corrected chi connectivity index (χ4v) is 5.45. The van der Waals surface area contributed by atoms with Gasteiger partial charge in [-0.3, -0.25) is 4.40 Å². The number of imidazole rings is 1. The normalized spacial score (nSPS) is 11.4. The lowest BCUT2D eigenvalue weighted by Gasteiger charge is -2.11. The summed E-state index contributed by atoms with van der Waals surface area (Å²) in [7, 11) is 0. The van der Waals surface area contributed by atoms with Crippen molar-refractivity contribution in [2.75, 3.05) is 0 Å². The van der Waals surface area contributed by atoms with E-state index in [0.717, 1.165) is 66.9 Å². The smallest absolute Gasteiger partial charge is 0.165 e. The third-order valence-corrected chi connectivity index (χ3v) is 7.42. The summed E-state index contributed by atoms with van der Waals surface area (Å²) in [4.78, 5) is 20.1. The van der Waals surface area contributed by atoms with Gasteiger partial charge in [0.05, 0.1) is 17.1 Å². The van der Waals surface area contributed by atoms with E-state index in [0.29, 0.717) is 5.82 Å². The number of nitrogens with zero attached hydrogens (tertiary/aromatic N) is 5. The van der Waals surface area contributed by atoms with E-state index in [-0.39, 0.29) is 0 Å².